The lowest BCUT2D eigenvalue weighted by atomic mass is 9.99. The first-order valence-electron chi connectivity index (χ1n) is 5.89. The number of anilines is 1. The van der Waals surface area contributed by atoms with Crippen LogP contribution in [0.4, 0.5) is 5.82 Å². The van der Waals surface area contributed by atoms with Crippen molar-refractivity contribution in [3.63, 3.8) is 0 Å². The Morgan fingerprint density at radius 2 is 2.12 bits per heavy atom. The maximum Gasteiger partial charge on any atom is 0.135 e. The zero-order chi connectivity index (χ0) is 11.9. The summed E-state index contributed by atoms with van der Waals surface area (Å²) in [5, 5.41) is 10.4. The van der Waals surface area contributed by atoms with Gasteiger partial charge < -0.3 is 10.0 Å². The second kappa shape index (κ2) is 3.74. The number of hydrogen-bond acceptors (Lipinski definition) is 3. The van der Waals surface area contributed by atoms with Crippen LogP contribution in [0.3, 0.4) is 0 Å². The molecule has 2 heterocycles. The molecule has 1 N–H and O–H groups in total. The third-order valence-corrected chi connectivity index (χ3v) is 3.23. The minimum Gasteiger partial charge on any atom is -0.373 e. The van der Waals surface area contributed by atoms with Crippen LogP contribution in [0.1, 0.15) is 45.6 Å². The molecule has 1 aromatic heterocycles. The summed E-state index contributed by atoms with van der Waals surface area (Å²) in [5.74, 6) is 1.12. The van der Waals surface area contributed by atoms with E-state index in [1.54, 1.807) is 6.20 Å². The van der Waals surface area contributed by atoms with E-state index in [0.717, 1.165) is 12.2 Å². The van der Waals surface area contributed by atoms with Crippen molar-refractivity contribution in [1.29, 1.82) is 0 Å². The Balaban J connectivity index is 2.51. The minimum absolute atomic E-state index is 0.105. The van der Waals surface area contributed by atoms with Crippen LogP contribution in [0.15, 0.2) is 18.3 Å². The number of aliphatic hydroxyl groups excluding tert-OH is 1. The first-order chi connectivity index (χ1) is 7.46. The van der Waals surface area contributed by atoms with Gasteiger partial charge in [0.05, 0.1) is 0 Å². The van der Waals surface area contributed by atoms with Gasteiger partial charge in [0, 0.05) is 23.2 Å². The molecule has 0 bridgehead atoms. The molecule has 3 heteroatoms. The van der Waals surface area contributed by atoms with Gasteiger partial charge in [-0.1, -0.05) is 13.0 Å². The van der Waals surface area contributed by atoms with E-state index in [1.165, 1.54) is 5.56 Å². The average Bonchev–Trinajstić information content (AvgIpc) is 2.48. The molecule has 2 unspecified atom stereocenters. The molecular formula is C13H20N2O. The Bertz CT molecular complexity index is 384. The quantitative estimate of drug-likeness (QED) is 0.790. The predicted octanol–water partition coefficient (Wildman–Crippen LogP) is 2.51. The number of aromatic nitrogens is 1. The van der Waals surface area contributed by atoms with Crippen molar-refractivity contribution in [2.24, 2.45) is 0 Å². The van der Waals surface area contributed by atoms with E-state index in [2.05, 4.69) is 38.7 Å². The molecule has 1 aromatic rings. The molecule has 0 fully saturated rings. The van der Waals surface area contributed by atoms with Gasteiger partial charge in [-0.15, -0.1) is 0 Å². The van der Waals surface area contributed by atoms with E-state index >= 15 is 0 Å². The molecule has 16 heavy (non-hydrogen) atoms. The Hall–Kier alpha value is -1.09. The van der Waals surface area contributed by atoms with E-state index < -0.39 is 6.23 Å². The topological polar surface area (TPSA) is 36.4 Å². The van der Waals surface area contributed by atoms with Gasteiger partial charge in [0.1, 0.15) is 12.0 Å². The monoisotopic (exact) mass is 220 g/mol. The van der Waals surface area contributed by atoms with Crippen LogP contribution in [0.25, 0.3) is 0 Å². The van der Waals surface area contributed by atoms with E-state index in [-0.39, 0.29) is 11.5 Å². The van der Waals surface area contributed by atoms with E-state index in [0.29, 0.717) is 0 Å². The average molecular weight is 220 g/mol. The third kappa shape index (κ3) is 1.59. The highest BCUT2D eigenvalue weighted by molar-refractivity contribution is 5.57. The van der Waals surface area contributed by atoms with Gasteiger partial charge in [-0.2, -0.15) is 0 Å². The fourth-order valence-corrected chi connectivity index (χ4v) is 2.51. The van der Waals surface area contributed by atoms with E-state index in [9.17, 15) is 5.11 Å². The van der Waals surface area contributed by atoms with Gasteiger partial charge in [0.15, 0.2) is 0 Å². The fourth-order valence-electron chi connectivity index (χ4n) is 2.51. The van der Waals surface area contributed by atoms with Crippen LogP contribution in [-0.2, 0) is 0 Å². The Morgan fingerprint density at radius 1 is 1.44 bits per heavy atom. The van der Waals surface area contributed by atoms with Gasteiger partial charge in [-0.3, -0.25) is 0 Å². The van der Waals surface area contributed by atoms with Crippen LogP contribution in [0.2, 0.25) is 0 Å². The molecule has 0 saturated carbocycles. The van der Waals surface area contributed by atoms with Crippen molar-refractivity contribution in [3.8, 4) is 0 Å². The summed E-state index contributed by atoms with van der Waals surface area (Å²) in [5.41, 5.74) is 1.07. The molecule has 0 spiro atoms. The fraction of sp³-hybridized carbons (Fsp3) is 0.615. The summed E-state index contributed by atoms with van der Waals surface area (Å²) in [6.45, 7) is 8.42. The van der Waals surface area contributed by atoms with Gasteiger partial charge in [-0.05, 0) is 33.3 Å². The molecule has 0 saturated heterocycles. The molecule has 3 nitrogen and oxygen atoms in total. The summed E-state index contributed by atoms with van der Waals surface area (Å²) < 4.78 is 0. The zero-order valence-electron chi connectivity index (χ0n) is 10.4. The Kier molecular flexibility index (Phi) is 2.66. The largest absolute Gasteiger partial charge is 0.373 e. The highest BCUT2D eigenvalue weighted by Crippen LogP contribution is 2.43. The molecule has 0 aromatic carbocycles. The standard InChI is InChI=1S/C13H20N2O/c1-5-9-10-7-6-8-14-11(10)15(12(9)16)13(2,3)4/h6-9,12,16H,5H2,1-4H3. The summed E-state index contributed by atoms with van der Waals surface area (Å²) in [6, 6.07) is 4.02. The molecule has 88 valence electrons. The van der Waals surface area contributed by atoms with Crippen molar-refractivity contribution >= 4 is 5.82 Å². The van der Waals surface area contributed by atoms with Crippen molar-refractivity contribution < 1.29 is 5.11 Å². The van der Waals surface area contributed by atoms with E-state index in [1.807, 2.05) is 11.0 Å². The molecule has 2 atom stereocenters. The Morgan fingerprint density at radius 3 is 2.69 bits per heavy atom. The lowest BCUT2D eigenvalue weighted by Crippen LogP contribution is -2.47. The molecule has 0 radical (unpaired) electrons. The number of hydrogen-bond donors (Lipinski definition) is 1. The number of pyridine rings is 1. The van der Waals surface area contributed by atoms with Crippen LogP contribution in [-0.4, -0.2) is 21.9 Å². The molecule has 1 aliphatic heterocycles. The lowest BCUT2D eigenvalue weighted by molar-refractivity contribution is 0.127. The second-order valence-electron chi connectivity index (χ2n) is 5.39. The minimum atomic E-state index is -0.449. The SMILES string of the molecule is CCC1c2cccnc2N(C(C)(C)C)C1O. The van der Waals surface area contributed by atoms with Crippen LogP contribution in [0, 0.1) is 0 Å². The number of nitrogens with zero attached hydrogens (tertiary/aromatic N) is 2. The summed E-state index contributed by atoms with van der Waals surface area (Å²) in [7, 11) is 0. The van der Waals surface area contributed by atoms with Crippen LogP contribution >= 0.6 is 0 Å². The molecule has 1 aliphatic rings. The summed E-state index contributed by atoms with van der Waals surface area (Å²) >= 11 is 0. The summed E-state index contributed by atoms with van der Waals surface area (Å²) in [6.07, 6.45) is 2.28. The second-order valence-corrected chi connectivity index (χ2v) is 5.39. The van der Waals surface area contributed by atoms with Gasteiger partial charge in [0.25, 0.3) is 0 Å². The van der Waals surface area contributed by atoms with Crippen molar-refractivity contribution in [3.05, 3.63) is 23.9 Å². The molecule has 0 aliphatic carbocycles. The van der Waals surface area contributed by atoms with E-state index in [4.69, 9.17) is 0 Å². The predicted molar refractivity (Wildman–Crippen MR) is 65.5 cm³/mol. The van der Waals surface area contributed by atoms with Gasteiger partial charge in [-0.25, -0.2) is 4.98 Å². The normalized spacial score (nSPS) is 24.7. The lowest BCUT2D eigenvalue weighted by Gasteiger charge is -2.37. The van der Waals surface area contributed by atoms with Crippen molar-refractivity contribution in [1.82, 2.24) is 4.98 Å². The first kappa shape index (κ1) is 11.4. The van der Waals surface area contributed by atoms with Crippen molar-refractivity contribution in [2.75, 3.05) is 4.90 Å². The number of aliphatic hydroxyl groups is 1. The highest BCUT2D eigenvalue weighted by Gasteiger charge is 2.42. The number of fused-ring (bicyclic) bond motifs is 1. The first-order valence-corrected chi connectivity index (χ1v) is 5.89. The highest BCUT2D eigenvalue weighted by atomic mass is 16.3. The maximum absolute atomic E-state index is 10.4. The van der Waals surface area contributed by atoms with Crippen LogP contribution in [0.5, 0.6) is 0 Å². The molecule has 0 amide bonds. The van der Waals surface area contributed by atoms with Crippen LogP contribution < -0.4 is 4.90 Å². The molecular weight excluding hydrogens is 200 g/mol. The zero-order valence-corrected chi connectivity index (χ0v) is 10.4. The Labute approximate surface area is 97.1 Å². The molecule has 2 rings (SSSR count). The van der Waals surface area contributed by atoms with Gasteiger partial charge in [0.2, 0.25) is 0 Å². The summed E-state index contributed by atoms with van der Waals surface area (Å²) in [4.78, 5) is 6.45. The third-order valence-electron chi connectivity index (χ3n) is 3.23. The van der Waals surface area contributed by atoms with Gasteiger partial charge >= 0.3 is 0 Å². The number of rotatable bonds is 1. The smallest absolute Gasteiger partial charge is 0.135 e. The maximum atomic E-state index is 10.4. The van der Waals surface area contributed by atoms with Crippen molar-refractivity contribution in [2.45, 2.75) is 51.8 Å².